The summed E-state index contributed by atoms with van der Waals surface area (Å²) in [5, 5.41) is 10.1. The lowest BCUT2D eigenvalue weighted by Gasteiger charge is -2.12. The fourth-order valence-corrected chi connectivity index (χ4v) is 2.98. The molecule has 114 valence electrons. The molecule has 0 spiro atoms. The number of rotatable bonds is 5. The summed E-state index contributed by atoms with van der Waals surface area (Å²) in [6.07, 6.45) is -0.228. The molecule has 0 atom stereocenters. The van der Waals surface area contributed by atoms with E-state index >= 15 is 0 Å². The number of carbonyl (C=O) groups is 1. The number of benzene rings is 1. The van der Waals surface area contributed by atoms with Crippen LogP contribution in [0, 0.1) is 0 Å². The van der Waals surface area contributed by atoms with Gasteiger partial charge < -0.3 is 14.6 Å². The Kier molecular flexibility index (Phi) is 4.85. The van der Waals surface area contributed by atoms with Crippen LogP contribution < -0.4 is 4.74 Å². The monoisotopic (exact) mass is 308 g/mol. The van der Waals surface area contributed by atoms with Gasteiger partial charge in [0.15, 0.2) is 10.6 Å². The number of carbonyl (C=O) groups excluding carboxylic acids is 1. The summed E-state index contributed by atoms with van der Waals surface area (Å²) in [4.78, 5) is 12.7. The van der Waals surface area contributed by atoms with Gasteiger partial charge in [-0.05, 0) is 45.4 Å². The fraction of sp³-hybridized carbons (Fsp3) is 0.438. The lowest BCUT2D eigenvalue weighted by Crippen LogP contribution is -2.13. The molecule has 21 heavy (non-hydrogen) atoms. The molecular weight excluding hydrogens is 288 g/mol. The second kappa shape index (κ2) is 6.45. The molecule has 0 radical (unpaired) electrons. The molecule has 2 aromatic rings. The van der Waals surface area contributed by atoms with Crippen LogP contribution in [0.1, 0.15) is 42.9 Å². The molecule has 1 aromatic carbocycles. The summed E-state index contributed by atoms with van der Waals surface area (Å²) in [5.74, 6) is 0.179. The quantitative estimate of drug-likeness (QED) is 0.855. The van der Waals surface area contributed by atoms with Gasteiger partial charge in [-0.1, -0.05) is 6.07 Å². The van der Waals surface area contributed by atoms with Crippen LogP contribution >= 0.6 is 11.3 Å². The molecule has 0 saturated carbocycles. The molecule has 0 amide bonds. The largest absolute Gasteiger partial charge is 0.489 e. The van der Waals surface area contributed by atoms with Crippen molar-refractivity contribution in [2.45, 2.75) is 46.5 Å². The van der Waals surface area contributed by atoms with Crippen molar-refractivity contribution in [2.75, 3.05) is 0 Å². The van der Waals surface area contributed by atoms with Crippen LogP contribution in [0.25, 0.3) is 10.1 Å². The number of ether oxygens (including phenoxy) is 2. The number of thiophene rings is 1. The smallest absolute Gasteiger partial charge is 0.352 e. The zero-order valence-electron chi connectivity index (χ0n) is 12.7. The second-order valence-electron chi connectivity index (χ2n) is 5.37. The fourth-order valence-electron chi connectivity index (χ4n) is 1.98. The van der Waals surface area contributed by atoms with E-state index in [1.165, 1.54) is 11.3 Å². The minimum Gasteiger partial charge on any atom is -0.489 e. The van der Waals surface area contributed by atoms with Crippen LogP contribution in [0.15, 0.2) is 18.2 Å². The Hall–Kier alpha value is -1.59. The van der Waals surface area contributed by atoms with Crippen LogP contribution in [-0.2, 0) is 11.3 Å². The third kappa shape index (κ3) is 3.54. The van der Waals surface area contributed by atoms with E-state index in [2.05, 4.69) is 0 Å². The van der Waals surface area contributed by atoms with Gasteiger partial charge in [0.05, 0.1) is 18.8 Å². The molecule has 1 aromatic heterocycles. The first-order chi connectivity index (χ1) is 9.92. The second-order valence-corrected chi connectivity index (χ2v) is 6.42. The first-order valence-corrected chi connectivity index (χ1v) is 7.78. The molecule has 0 fully saturated rings. The maximum absolute atomic E-state index is 12.2. The van der Waals surface area contributed by atoms with Crippen LogP contribution in [0.4, 0.5) is 0 Å². The lowest BCUT2D eigenvalue weighted by molar-refractivity contribution is 0.0379. The van der Waals surface area contributed by atoms with Crippen molar-refractivity contribution in [3.05, 3.63) is 28.6 Å². The Balaban J connectivity index is 2.55. The Morgan fingerprint density at radius 3 is 2.52 bits per heavy atom. The van der Waals surface area contributed by atoms with Crippen molar-refractivity contribution in [1.82, 2.24) is 0 Å². The Bertz CT molecular complexity index is 643. The number of aliphatic hydroxyl groups is 1. The Morgan fingerprint density at radius 2 is 1.95 bits per heavy atom. The van der Waals surface area contributed by atoms with Gasteiger partial charge in [0.25, 0.3) is 0 Å². The highest BCUT2D eigenvalue weighted by molar-refractivity contribution is 7.21. The minimum absolute atomic E-state index is 0.0430. The first kappa shape index (κ1) is 15.8. The van der Waals surface area contributed by atoms with Crippen LogP contribution in [-0.4, -0.2) is 23.3 Å². The first-order valence-electron chi connectivity index (χ1n) is 6.96. The summed E-state index contributed by atoms with van der Waals surface area (Å²) in [7, 11) is 0. The number of fused-ring (bicyclic) bond motifs is 1. The van der Waals surface area contributed by atoms with E-state index in [9.17, 15) is 9.90 Å². The Labute approximate surface area is 128 Å². The minimum atomic E-state index is -0.368. The van der Waals surface area contributed by atoms with Gasteiger partial charge in [-0.25, -0.2) is 4.79 Å². The third-order valence-corrected chi connectivity index (χ3v) is 3.90. The van der Waals surface area contributed by atoms with Crippen molar-refractivity contribution >= 4 is 27.4 Å². The van der Waals surface area contributed by atoms with Gasteiger partial charge >= 0.3 is 5.97 Å². The van der Waals surface area contributed by atoms with Gasteiger partial charge in [-0.15, -0.1) is 11.3 Å². The molecule has 2 rings (SSSR count). The zero-order chi connectivity index (χ0) is 15.6. The van der Waals surface area contributed by atoms with E-state index in [0.717, 1.165) is 15.6 Å². The van der Waals surface area contributed by atoms with Gasteiger partial charge in [-0.3, -0.25) is 0 Å². The summed E-state index contributed by atoms with van der Waals surface area (Å²) >= 11 is 1.35. The average molecular weight is 308 g/mol. The highest BCUT2D eigenvalue weighted by Crippen LogP contribution is 2.39. The Morgan fingerprint density at radius 1 is 1.24 bits per heavy atom. The molecule has 5 heteroatoms. The van der Waals surface area contributed by atoms with Crippen LogP contribution in [0.3, 0.4) is 0 Å². The van der Waals surface area contributed by atoms with Crippen molar-refractivity contribution in [3.63, 3.8) is 0 Å². The molecule has 0 bridgehead atoms. The summed E-state index contributed by atoms with van der Waals surface area (Å²) in [5.41, 5.74) is 0.790. The van der Waals surface area contributed by atoms with Crippen LogP contribution in [0.5, 0.6) is 5.75 Å². The van der Waals surface area contributed by atoms with Crippen molar-refractivity contribution in [3.8, 4) is 5.75 Å². The van der Waals surface area contributed by atoms with E-state index in [4.69, 9.17) is 9.47 Å². The van der Waals surface area contributed by atoms with Crippen LogP contribution in [0.2, 0.25) is 0 Å². The molecule has 1 N–H and O–H groups in total. The number of hydrogen-bond donors (Lipinski definition) is 1. The molecule has 0 saturated heterocycles. The van der Waals surface area contributed by atoms with Gasteiger partial charge in [0, 0.05) is 10.1 Å². The molecule has 0 aliphatic carbocycles. The van der Waals surface area contributed by atoms with Crippen molar-refractivity contribution < 1.29 is 19.4 Å². The summed E-state index contributed by atoms with van der Waals surface area (Å²) in [6, 6.07) is 5.59. The lowest BCUT2D eigenvalue weighted by atomic mass is 10.1. The van der Waals surface area contributed by atoms with E-state index in [1.54, 1.807) is 0 Å². The summed E-state index contributed by atoms with van der Waals surface area (Å²) < 4.78 is 12.1. The molecule has 4 nitrogen and oxygen atoms in total. The molecule has 0 unspecified atom stereocenters. The van der Waals surface area contributed by atoms with Gasteiger partial charge in [0.2, 0.25) is 0 Å². The summed E-state index contributed by atoms with van der Waals surface area (Å²) in [6.45, 7) is 7.42. The van der Waals surface area contributed by atoms with E-state index < -0.39 is 0 Å². The van der Waals surface area contributed by atoms with Gasteiger partial charge in [0.1, 0.15) is 0 Å². The normalized spacial score (nSPS) is 11.4. The number of aliphatic hydroxyl groups excluding tert-OH is 1. The maximum atomic E-state index is 12.2. The number of hydrogen-bond acceptors (Lipinski definition) is 5. The predicted molar refractivity (Wildman–Crippen MR) is 84.1 cm³/mol. The highest BCUT2D eigenvalue weighted by atomic mass is 32.1. The standard InChI is InChI=1S/C16H20O4S/c1-9(2)19-14-12-7-11(8-17)5-6-13(12)21-15(14)16(18)20-10(3)4/h5-7,9-10,17H,8H2,1-4H3. The molecule has 0 aliphatic heterocycles. The van der Waals surface area contributed by atoms with Gasteiger partial charge in [-0.2, -0.15) is 0 Å². The van der Waals surface area contributed by atoms with E-state index in [0.29, 0.717) is 10.6 Å². The van der Waals surface area contributed by atoms with E-state index in [-0.39, 0.29) is 24.8 Å². The van der Waals surface area contributed by atoms with E-state index in [1.807, 2.05) is 45.9 Å². The van der Waals surface area contributed by atoms with Crippen molar-refractivity contribution in [1.29, 1.82) is 0 Å². The number of esters is 1. The van der Waals surface area contributed by atoms with Crippen molar-refractivity contribution in [2.24, 2.45) is 0 Å². The third-order valence-electron chi connectivity index (χ3n) is 2.77. The molecule has 1 heterocycles. The average Bonchev–Trinajstić information content (AvgIpc) is 2.75. The maximum Gasteiger partial charge on any atom is 0.352 e. The zero-order valence-corrected chi connectivity index (χ0v) is 13.5. The SMILES string of the molecule is CC(C)OC(=O)c1sc2ccc(CO)cc2c1OC(C)C. The highest BCUT2D eigenvalue weighted by Gasteiger charge is 2.23. The predicted octanol–water partition coefficient (Wildman–Crippen LogP) is 3.75. The topological polar surface area (TPSA) is 55.8 Å². The molecular formula is C16H20O4S. The molecule has 0 aliphatic rings.